The van der Waals surface area contributed by atoms with Crippen LogP contribution in [0.1, 0.15) is 5.82 Å². The Labute approximate surface area is 151 Å². The molecular weight excluding hydrogens is 342 g/mol. The van der Waals surface area contributed by atoms with E-state index in [9.17, 15) is 4.79 Å². The summed E-state index contributed by atoms with van der Waals surface area (Å²) in [6.07, 6.45) is 0.892. The lowest BCUT2D eigenvalue weighted by atomic mass is 10.3. The molecule has 132 valence electrons. The van der Waals surface area contributed by atoms with Crippen LogP contribution >= 0.6 is 11.6 Å². The van der Waals surface area contributed by atoms with Gasteiger partial charge in [-0.1, -0.05) is 11.6 Å². The molecule has 0 atom stereocenters. The van der Waals surface area contributed by atoms with Gasteiger partial charge in [0.15, 0.2) is 0 Å². The fraction of sp³-hybridized carbons (Fsp3) is 0.353. The molecule has 8 heteroatoms. The van der Waals surface area contributed by atoms with Crippen LogP contribution < -0.4 is 15.0 Å². The van der Waals surface area contributed by atoms with Crippen LogP contribution in [0.5, 0.6) is 5.75 Å². The zero-order valence-corrected chi connectivity index (χ0v) is 15.0. The van der Waals surface area contributed by atoms with Gasteiger partial charge in [0.2, 0.25) is 6.41 Å². The molecule has 7 nitrogen and oxygen atoms in total. The second-order valence-electron chi connectivity index (χ2n) is 5.76. The molecule has 1 aliphatic rings. The third-order valence-corrected chi connectivity index (χ3v) is 4.33. The van der Waals surface area contributed by atoms with E-state index in [2.05, 4.69) is 20.2 Å². The van der Waals surface area contributed by atoms with Crippen LogP contribution in [-0.2, 0) is 4.79 Å². The van der Waals surface area contributed by atoms with Crippen LogP contribution in [0.2, 0.25) is 5.02 Å². The van der Waals surface area contributed by atoms with Gasteiger partial charge < -0.3 is 19.9 Å². The molecule has 2 heterocycles. The highest BCUT2D eigenvalue weighted by atomic mass is 35.5. The second kappa shape index (κ2) is 7.57. The van der Waals surface area contributed by atoms with Crippen molar-refractivity contribution in [3.05, 3.63) is 35.1 Å². The van der Waals surface area contributed by atoms with E-state index in [1.807, 2.05) is 19.1 Å². The van der Waals surface area contributed by atoms with Gasteiger partial charge in [0.1, 0.15) is 23.2 Å². The molecule has 1 aliphatic heterocycles. The van der Waals surface area contributed by atoms with Crippen molar-refractivity contribution in [2.24, 2.45) is 0 Å². The van der Waals surface area contributed by atoms with Gasteiger partial charge in [-0.25, -0.2) is 9.97 Å². The zero-order chi connectivity index (χ0) is 17.8. The summed E-state index contributed by atoms with van der Waals surface area (Å²) in [5.74, 6) is 2.85. The van der Waals surface area contributed by atoms with Crippen LogP contribution in [0.25, 0.3) is 0 Å². The van der Waals surface area contributed by atoms with Gasteiger partial charge in [-0.05, 0) is 25.1 Å². The Kier molecular flexibility index (Phi) is 5.23. The number of carbonyl (C=O) groups excluding carboxylic acids is 1. The van der Waals surface area contributed by atoms with Crippen LogP contribution in [0.4, 0.5) is 17.3 Å². The Morgan fingerprint density at radius 3 is 2.60 bits per heavy atom. The summed E-state index contributed by atoms with van der Waals surface area (Å²) in [5, 5.41) is 3.78. The van der Waals surface area contributed by atoms with Gasteiger partial charge in [-0.15, -0.1) is 0 Å². The summed E-state index contributed by atoms with van der Waals surface area (Å²) >= 11 is 6.17. The smallest absolute Gasteiger partial charge is 0.209 e. The molecule has 0 spiro atoms. The number of rotatable bonds is 5. The van der Waals surface area contributed by atoms with Crippen molar-refractivity contribution in [2.45, 2.75) is 6.92 Å². The first-order chi connectivity index (χ1) is 12.1. The summed E-state index contributed by atoms with van der Waals surface area (Å²) in [5.41, 5.74) is 0.820. The quantitative estimate of drug-likeness (QED) is 0.825. The number of amides is 1. The number of ether oxygens (including phenoxy) is 1. The molecule has 2 aromatic rings. The van der Waals surface area contributed by atoms with Crippen molar-refractivity contribution in [3.63, 3.8) is 0 Å². The molecule has 0 bridgehead atoms. The molecule has 1 amide bonds. The molecule has 1 aromatic carbocycles. The number of nitrogens with zero attached hydrogens (tertiary/aromatic N) is 4. The summed E-state index contributed by atoms with van der Waals surface area (Å²) in [4.78, 5) is 23.7. The zero-order valence-electron chi connectivity index (χ0n) is 14.2. The number of aryl methyl sites for hydroxylation is 1. The summed E-state index contributed by atoms with van der Waals surface area (Å²) in [6.45, 7) is 4.76. The largest absolute Gasteiger partial charge is 0.495 e. The van der Waals surface area contributed by atoms with E-state index in [-0.39, 0.29) is 0 Å². The molecule has 0 aliphatic carbocycles. The summed E-state index contributed by atoms with van der Waals surface area (Å²) < 4.78 is 5.16. The number of methoxy groups -OCH3 is 1. The first kappa shape index (κ1) is 17.3. The van der Waals surface area contributed by atoms with E-state index in [1.54, 1.807) is 24.1 Å². The van der Waals surface area contributed by atoms with Gasteiger partial charge in [0, 0.05) is 37.9 Å². The SMILES string of the molecule is COc1ccc(Nc2cc(N3CCN(C=O)CC3)nc(C)n2)cc1Cl. The van der Waals surface area contributed by atoms with Gasteiger partial charge in [0.05, 0.1) is 12.1 Å². The van der Waals surface area contributed by atoms with Crippen molar-refractivity contribution in [3.8, 4) is 5.75 Å². The Bertz CT molecular complexity index is 763. The first-order valence-corrected chi connectivity index (χ1v) is 8.37. The lowest BCUT2D eigenvalue weighted by Gasteiger charge is -2.33. The predicted octanol–water partition coefficient (Wildman–Crippen LogP) is 2.47. The highest BCUT2D eigenvalue weighted by Gasteiger charge is 2.18. The molecule has 1 N–H and O–H groups in total. The van der Waals surface area contributed by atoms with Gasteiger partial charge >= 0.3 is 0 Å². The number of carbonyl (C=O) groups is 1. The monoisotopic (exact) mass is 361 g/mol. The van der Waals surface area contributed by atoms with E-state index in [4.69, 9.17) is 16.3 Å². The molecule has 25 heavy (non-hydrogen) atoms. The van der Waals surface area contributed by atoms with Crippen molar-refractivity contribution in [2.75, 3.05) is 43.5 Å². The Morgan fingerprint density at radius 1 is 1.20 bits per heavy atom. The lowest BCUT2D eigenvalue weighted by Crippen LogP contribution is -2.46. The maximum Gasteiger partial charge on any atom is 0.209 e. The number of hydrogen-bond acceptors (Lipinski definition) is 6. The normalized spacial score (nSPS) is 14.4. The molecule has 3 rings (SSSR count). The third-order valence-electron chi connectivity index (χ3n) is 4.04. The molecule has 1 aromatic heterocycles. The first-order valence-electron chi connectivity index (χ1n) is 7.99. The van der Waals surface area contributed by atoms with Crippen LogP contribution in [-0.4, -0.2) is 54.6 Å². The summed E-state index contributed by atoms with van der Waals surface area (Å²) in [6, 6.07) is 7.38. The van der Waals surface area contributed by atoms with E-state index in [1.165, 1.54) is 0 Å². The van der Waals surface area contributed by atoms with E-state index in [0.29, 0.717) is 35.5 Å². The molecule has 0 radical (unpaired) electrons. The summed E-state index contributed by atoms with van der Waals surface area (Å²) in [7, 11) is 1.58. The molecular formula is C17H20ClN5O2. The Morgan fingerprint density at radius 2 is 1.96 bits per heavy atom. The molecule has 1 fully saturated rings. The number of anilines is 3. The highest BCUT2D eigenvalue weighted by molar-refractivity contribution is 6.32. The predicted molar refractivity (Wildman–Crippen MR) is 97.9 cm³/mol. The van der Waals surface area contributed by atoms with Crippen LogP contribution in [0, 0.1) is 6.92 Å². The van der Waals surface area contributed by atoms with Crippen molar-refractivity contribution in [1.82, 2.24) is 14.9 Å². The van der Waals surface area contributed by atoms with Crippen molar-refractivity contribution < 1.29 is 9.53 Å². The number of benzene rings is 1. The minimum Gasteiger partial charge on any atom is -0.495 e. The average molecular weight is 362 g/mol. The van der Waals surface area contributed by atoms with Crippen molar-refractivity contribution in [1.29, 1.82) is 0 Å². The minimum absolute atomic E-state index is 0.531. The topological polar surface area (TPSA) is 70.6 Å². The van der Waals surface area contributed by atoms with Crippen molar-refractivity contribution >= 4 is 35.3 Å². The van der Waals surface area contributed by atoms with Crippen LogP contribution in [0.3, 0.4) is 0 Å². The number of nitrogens with one attached hydrogen (secondary N) is 1. The third kappa shape index (κ3) is 4.11. The fourth-order valence-corrected chi connectivity index (χ4v) is 2.98. The van der Waals surface area contributed by atoms with E-state index in [0.717, 1.165) is 31.0 Å². The van der Waals surface area contributed by atoms with Gasteiger partial charge in [-0.3, -0.25) is 4.79 Å². The second-order valence-corrected chi connectivity index (χ2v) is 6.17. The minimum atomic E-state index is 0.531. The van der Waals surface area contributed by atoms with E-state index < -0.39 is 0 Å². The Balaban J connectivity index is 1.77. The Hall–Kier alpha value is -2.54. The standard InChI is InChI=1S/C17H20ClN5O2/c1-12-19-16(21-13-3-4-15(25-2)14(18)9-13)10-17(20-12)23-7-5-22(11-24)6-8-23/h3-4,9-11H,5-8H2,1-2H3,(H,19,20,21). The lowest BCUT2D eigenvalue weighted by molar-refractivity contribution is -0.118. The number of hydrogen-bond donors (Lipinski definition) is 1. The number of halogens is 1. The highest BCUT2D eigenvalue weighted by Crippen LogP contribution is 2.29. The fourth-order valence-electron chi connectivity index (χ4n) is 2.73. The molecule has 0 saturated carbocycles. The average Bonchev–Trinajstić information content (AvgIpc) is 2.61. The van der Waals surface area contributed by atoms with Crippen LogP contribution in [0.15, 0.2) is 24.3 Å². The maximum atomic E-state index is 10.8. The van der Waals surface area contributed by atoms with Gasteiger partial charge in [0.25, 0.3) is 0 Å². The number of piperazine rings is 1. The van der Waals surface area contributed by atoms with Gasteiger partial charge in [-0.2, -0.15) is 0 Å². The molecule has 1 saturated heterocycles. The number of aromatic nitrogens is 2. The maximum absolute atomic E-state index is 10.8. The molecule has 0 unspecified atom stereocenters. The van der Waals surface area contributed by atoms with E-state index >= 15 is 0 Å².